The van der Waals surface area contributed by atoms with Crippen molar-refractivity contribution in [2.75, 3.05) is 18.9 Å². The normalized spacial score (nSPS) is 12.5. The van der Waals surface area contributed by atoms with Crippen molar-refractivity contribution in [3.63, 3.8) is 0 Å². The van der Waals surface area contributed by atoms with E-state index in [2.05, 4.69) is 4.99 Å². The molecule has 0 amide bonds. The van der Waals surface area contributed by atoms with Gasteiger partial charge >= 0.3 is 0 Å². The molecule has 94 valence electrons. The van der Waals surface area contributed by atoms with Gasteiger partial charge in [-0.25, -0.2) is 4.99 Å². The summed E-state index contributed by atoms with van der Waals surface area (Å²) in [6.07, 6.45) is 13.5. The van der Waals surface area contributed by atoms with Gasteiger partial charge in [0, 0.05) is 11.8 Å². The lowest BCUT2D eigenvalue weighted by Crippen LogP contribution is -2.69. The van der Waals surface area contributed by atoms with Crippen LogP contribution < -0.4 is 10.7 Å². The summed E-state index contributed by atoms with van der Waals surface area (Å²) in [5.74, 6) is 0. The van der Waals surface area contributed by atoms with Crippen molar-refractivity contribution < 1.29 is 10.1 Å². The van der Waals surface area contributed by atoms with Crippen molar-refractivity contribution in [2.24, 2.45) is 0 Å². The number of nitrogens with two attached hydrogens (primary N) is 1. The van der Waals surface area contributed by atoms with Crippen molar-refractivity contribution in [1.29, 1.82) is 0 Å². The van der Waals surface area contributed by atoms with Crippen molar-refractivity contribution >= 4 is 18.0 Å². The molecular weight excluding hydrogens is 224 g/mol. The highest BCUT2D eigenvalue weighted by molar-refractivity contribution is 5.65. The van der Waals surface area contributed by atoms with Crippen LogP contribution in [0.15, 0.2) is 54.6 Å². The van der Waals surface area contributed by atoms with Crippen molar-refractivity contribution in [3.8, 4) is 0 Å². The summed E-state index contributed by atoms with van der Waals surface area (Å²) in [6, 6.07) is 7.71. The molecule has 0 saturated heterocycles. The molecule has 1 rings (SSSR count). The number of hydrogen-bond donors (Lipinski definition) is 3. The van der Waals surface area contributed by atoms with Crippen LogP contribution in [-0.4, -0.2) is 24.5 Å². The molecule has 0 unspecified atom stereocenters. The summed E-state index contributed by atoms with van der Waals surface area (Å²) in [7, 11) is 0. The molecule has 0 fully saturated rings. The van der Waals surface area contributed by atoms with E-state index in [9.17, 15) is 0 Å². The summed E-state index contributed by atoms with van der Waals surface area (Å²) >= 11 is 0. The SMILES string of the molecule is Nc1ccc(/C=C/C=C/C=C\C=[NH+]CCO)cc1. The Balaban J connectivity index is 2.33. The van der Waals surface area contributed by atoms with Crippen LogP contribution in [-0.2, 0) is 0 Å². The van der Waals surface area contributed by atoms with Gasteiger partial charge in [-0.05, 0) is 17.7 Å². The fourth-order valence-corrected chi connectivity index (χ4v) is 1.24. The first-order chi connectivity index (χ1) is 8.83. The number of hydrogen-bond acceptors (Lipinski definition) is 2. The van der Waals surface area contributed by atoms with Crippen LogP contribution in [0, 0.1) is 0 Å². The molecule has 1 aromatic carbocycles. The average Bonchev–Trinajstić information content (AvgIpc) is 2.39. The molecule has 0 aliphatic carbocycles. The van der Waals surface area contributed by atoms with E-state index in [-0.39, 0.29) is 6.61 Å². The zero-order valence-corrected chi connectivity index (χ0v) is 10.3. The number of benzene rings is 1. The topological polar surface area (TPSA) is 60.2 Å². The zero-order chi connectivity index (χ0) is 13.1. The third-order valence-corrected chi connectivity index (χ3v) is 2.14. The van der Waals surface area contributed by atoms with E-state index < -0.39 is 0 Å². The Morgan fingerprint density at radius 1 is 1.00 bits per heavy atom. The minimum atomic E-state index is 0.143. The predicted molar refractivity (Wildman–Crippen MR) is 77.1 cm³/mol. The van der Waals surface area contributed by atoms with E-state index in [4.69, 9.17) is 10.8 Å². The minimum Gasteiger partial charge on any atom is -0.399 e. The largest absolute Gasteiger partial charge is 0.399 e. The van der Waals surface area contributed by atoms with E-state index in [1.165, 1.54) is 0 Å². The highest BCUT2D eigenvalue weighted by Crippen LogP contribution is 2.06. The molecule has 0 atom stereocenters. The Morgan fingerprint density at radius 2 is 1.67 bits per heavy atom. The van der Waals surface area contributed by atoms with Gasteiger partial charge in [-0.3, -0.25) is 0 Å². The molecule has 3 nitrogen and oxygen atoms in total. The molecule has 1 aromatic rings. The number of aliphatic hydroxyl groups is 1. The fourth-order valence-electron chi connectivity index (χ4n) is 1.24. The maximum atomic E-state index is 8.53. The van der Waals surface area contributed by atoms with Gasteiger partial charge in [0.15, 0.2) is 12.8 Å². The zero-order valence-electron chi connectivity index (χ0n) is 10.3. The summed E-state index contributed by atoms with van der Waals surface area (Å²) in [4.78, 5) is 2.93. The number of nitrogen functional groups attached to an aromatic ring is 1. The Bertz CT molecular complexity index is 442. The van der Waals surface area contributed by atoms with Crippen molar-refractivity contribution in [3.05, 3.63) is 60.2 Å². The molecule has 18 heavy (non-hydrogen) atoms. The van der Waals surface area contributed by atoms with Gasteiger partial charge in [-0.15, -0.1) is 0 Å². The van der Waals surface area contributed by atoms with E-state index >= 15 is 0 Å². The van der Waals surface area contributed by atoms with Crippen LogP contribution in [0.2, 0.25) is 0 Å². The van der Waals surface area contributed by atoms with Crippen LogP contribution in [0.25, 0.3) is 6.08 Å². The lowest BCUT2D eigenvalue weighted by atomic mass is 10.2. The van der Waals surface area contributed by atoms with Crippen molar-refractivity contribution in [2.45, 2.75) is 0 Å². The lowest BCUT2D eigenvalue weighted by Gasteiger charge is -1.93. The molecule has 0 aliphatic heterocycles. The quantitative estimate of drug-likeness (QED) is 0.388. The minimum absolute atomic E-state index is 0.143. The lowest BCUT2D eigenvalue weighted by molar-refractivity contribution is -0.454. The first-order valence-electron chi connectivity index (χ1n) is 5.86. The number of anilines is 1. The van der Waals surface area contributed by atoms with Gasteiger partial charge in [0.1, 0.15) is 6.61 Å². The smallest absolute Gasteiger partial charge is 0.163 e. The van der Waals surface area contributed by atoms with Gasteiger partial charge in [0.05, 0.1) is 0 Å². The number of rotatable bonds is 6. The van der Waals surface area contributed by atoms with Crippen LogP contribution in [0.1, 0.15) is 5.56 Å². The number of aliphatic hydroxyl groups excluding tert-OH is 1. The van der Waals surface area contributed by atoms with Gasteiger partial charge in [-0.1, -0.05) is 42.5 Å². The van der Waals surface area contributed by atoms with Gasteiger partial charge in [-0.2, -0.15) is 0 Å². The molecule has 0 aliphatic rings. The molecular formula is C15H19N2O+. The summed E-state index contributed by atoms with van der Waals surface area (Å²) < 4.78 is 0. The van der Waals surface area contributed by atoms with E-state index in [0.29, 0.717) is 6.54 Å². The predicted octanol–water partition coefficient (Wildman–Crippen LogP) is 0.538. The Hall–Kier alpha value is -2.13. The Kier molecular flexibility index (Phi) is 6.93. The second-order valence-corrected chi connectivity index (χ2v) is 3.64. The second-order valence-electron chi connectivity index (χ2n) is 3.64. The van der Waals surface area contributed by atoms with E-state index in [1.807, 2.05) is 60.7 Å². The highest BCUT2D eigenvalue weighted by Gasteiger charge is 1.84. The molecule has 0 heterocycles. The fraction of sp³-hybridized carbons (Fsp3) is 0.133. The van der Waals surface area contributed by atoms with E-state index in [0.717, 1.165) is 11.3 Å². The first-order valence-corrected chi connectivity index (χ1v) is 5.86. The molecule has 0 aromatic heterocycles. The number of allylic oxidation sites excluding steroid dienone is 5. The molecule has 4 N–H and O–H groups in total. The monoisotopic (exact) mass is 243 g/mol. The maximum absolute atomic E-state index is 8.53. The maximum Gasteiger partial charge on any atom is 0.163 e. The van der Waals surface area contributed by atoms with E-state index in [1.54, 1.807) is 6.21 Å². The first kappa shape index (κ1) is 13.9. The summed E-state index contributed by atoms with van der Waals surface area (Å²) in [5.41, 5.74) is 7.49. The second kappa shape index (κ2) is 8.96. The van der Waals surface area contributed by atoms with Gasteiger partial charge in [0.25, 0.3) is 0 Å². The Labute approximate surface area is 108 Å². The average molecular weight is 243 g/mol. The molecule has 0 spiro atoms. The van der Waals surface area contributed by atoms with Crippen molar-refractivity contribution in [1.82, 2.24) is 0 Å². The number of nitrogens with one attached hydrogen (secondary N) is 1. The standard InChI is InChI=1S/C15H18N2O/c16-15-9-7-14(8-10-15)6-4-2-1-3-5-11-17-12-13-18/h1-11,18H,12-13,16H2/p+1/b2-1+,5-3-,6-4+,17-11?. The third kappa shape index (κ3) is 6.45. The van der Waals surface area contributed by atoms with Gasteiger partial charge < -0.3 is 10.8 Å². The molecule has 0 radical (unpaired) electrons. The Morgan fingerprint density at radius 3 is 2.39 bits per heavy atom. The molecule has 0 bridgehead atoms. The highest BCUT2D eigenvalue weighted by atomic mass is 16.3. The van der Waals surface area contributed by atoms with Crippen LogP contribution >= 0.6 is 0 Å². The third-order valence-electron chi connectivity index (χ3n) is 2.14. The van der Waals surface area contributed by atoms with Crippen LogP contribution in [0.4, 0.5) is 5.69 Å². The summed E-state index contributed by atoms with van der Waals surface area (Å²) in [6.45, 7) is 0.718. The molecule has 0 saturated carbocycles. The summed E-state index contributed by atoms with van der Waals surface area (Å²) in [5, 5.41) is 8.53. The van der Waals surface area contributed by atoms with Crippen LogP contribution in [0.3, 0.4) is 0 Å². The van der Waals surface area contributed by atoms with Crippen LogP contribution in [0.5, 0.6) is 0 Å². The van der Waals surface area contributed by atoms with Gasteiger partial charge in [0.2, 0.25) is 0 Å². The molecule has 3 heteroatoms.